The maximum atomic E-state index is 5.99. The number of hydrogen-bond donors (Lipinski definition) is 0. The molecule has 45 heavy (non-hydrogen) atoms. The fraction of sp³-hybridized carbons (Fsp3) is 0.909. The molecule has 0 amide bonds. The Morgan fingerprint density at radius 3 is 1.09 bits per heavy atom. The minimum Gasteiger partial charge on any atom is -0.373 e. The normalized spacial score (nSPS) is 33.3. The molecule has 0 bridgehead atoms. The van der Waals surface area contributed by atoms with Crippen LogP contribution in [0.2, 0.25) is 0 Å². The highest BCUT2D eigenvalue weighted by molar-refractivity contribution is 4.95. The number of rotatable bonds is 20. The molecule has 4 fully saturated rings. The summed E-state index contributed by atoms with van der Waals surface area (Å²) in [5, 5.41) is 0. The third-order valence-electron chi connectivity index (χ3n) is 13.4. The number of allylic oxidation sites excluding steroid dienone is 2. The van der Waals surface area contributed by atoms with Gasteiger partial charge in [-0.05, 0) is 124 Å². The first-order valence-corrected chi connectivity index (χ1v) is 21.2. The molecule has 0 aromatic carbocycles. The van der Waals surface area contributed by atoms with Crippen LogP contribution in [0.5, 0.6) is 0 Å². The van der Waals surface area contributed by atoms with Gasteiger partial charge in [0.2, 0.25) is 0 Å². The highest BCUT2D eigenvalue weighted by Gasteiger charge is 2.31. The Bertz CT molecular complexity index is 686. The summed E-state index contributed by atoms with van der Waals surface area (Å²) in [7, 11) is 0. The Morgan fingerprint density at radius 1 is 0.400 bits per heavy atom. The van der Waals surface area contributed by atoms with Crippen LogP contribution in [-0.2, 0) is 4.74 Å². The standard InChI is InChI=1S/C44H78O/c1-3-5-7-9-11-15-37-19-27-41(28-20-37)43-31-23-39(24-32-43)17-13-35-45-36-14-18-40-25-33-44(34-26-40)42-29-21-38(22-30-42)16-12-10-8-6-4-2/h13-14,17-18,37-44H,3-12,15-16,19-36H2,1-2H3/b17-13+,18-14+. The molecule has 0 spiro atoms. The molecule has 4 aliphatic rings. The fourth-order valence-electron chi connectivity index (χ4n) is 10.3. The lowest BCUT2D eigenvalue weighted by Gasteiger charge is -2.37. The van der Waals surface area contributed by atoms with Crippen molar-refractivity contribution in [1.29, 1.82) is 0 Å². The molecule has 4 saturated carbocycles. The molecule has 1 nitrogen and oxygen atoms in total. The topological polar surface area (TPSA) is 9.23 Å². The second-order valence-electron chi connectivity index (χ2n) is 16.7. The van der Waals surface area contributed by atoms with Crippen molar-refractivity contribution >= 4 is 0 Å². The van der Waals surface area contributed by atoms with Gasteiger partial charge in [0.05, 0.1) is 13.2 Å². The van der Waals surface area contributed by atoms with Crippen LogP contribution in [0.4, 0.5) is 0 Å². The summed E-state index contributed by atoms with van der Waals surface area (Å²) < 4.78 is 5.99. The number of ether oxygens (including phenoxy) is 1. The summed E-state index contributed by atoms with van der Waals surface area (Å²) in [5.74, 6) is 7.88. The van der Waals surface area contributed by atoms with E-state index in [4.69, 9.17) is 4.74 Å². The van der Waals surface area contributed by atoms with Crippen molar-refractivity contribution < 1.29 is 4.74 Å². The second kappa shape index (κ2) is 22.9. The van der Waals surface area contributed by atoms with Crippen LogP contribution >= 0.6 is 0 Å². The van der Waals surface area contributed by atoms with Crippen molar-refractivity contribution in [2.24, 2.45) is 47.3 Å². The lowest BCUT2D eigenvalue weighted by atomic mass is 9.68. The van der Waals surface area contributed by atoms with Crippen molar-refractivity contribution in [2.45, 2.75) is 194 Å². The van der Waals surface area contributed by atoms with Gasteiger partial charge >= 0.3 is 0 Å². The first-order valence-electron chi connectivity index (χ1n) is 21.2. The van der Waals surface area contributed by atoms with Crippen LogP contribution in [0.25, 0.3) is 0 Å². The van der Waals surface area contributed by atoms with E-state index >= 15 is 0 Å². The highest BCUT2D eigenvalue weighted by atomic mass is 16.5. The summed E-state index contributed by atoms with van der Waals surface area (Å²) in [4.78, 5) is 0. The average Bonchev–Trinajstić information content (AvgIpc) is 3.09. The number of hydrogen-bond acceptors (Lipinski definition) is 1. The van der Waals surface area contributed by atoms with E-state index in [9.17, 15) is 0 Å². The van der Waals surface area contributed by atoms with E-state index < -0.39 is 0 Å². The maximum absolute atomic E-state index is 5.99. The SMILES string of the molecule is CCCCCCCC1CCC(C2CCC(/C=C/COC/C=C/C3CCC(C4CCC(CCCCCCC)CC4)CC3)CC2)CC1. The lowest BCUT2D eigenvalue weighted by Crippen LogP contribution is -2.25. The average molecular weight is 623 g/mol. The largest absolute Gasteiger partial charge is 0.373 e. The van der Waals surface area contributed by atoms with Crippen molar-refractivity contribution in [1.82, 2.24) is 0 Å². The summed E-state index contributed by atoms with van der Waals surface area (Å²) in [5.41, 5.74) is 0. The van der Waals surface area contributed by atoms with Crippen molar-refractivity contribution in [3.63, 3.8) is 0 Å². The third-order valence-corrected chi connectivity index (χ3v) is 13.4. The quantitative estimate of drug-likeness (QED) is 0.0969. The fourth-order valence-corrected chi connectivity index (χ4v) is 10.3. The van der Waals surface area contributed by atoms with Crippen LogP contribution in [0.15, 0.2) is 24.3 Å². The predicted molar refractivity (Wildman–Crippen MR) is 198 cm³/mol. The molecule has 0 aromatic heterocycles. The van der Waals surface area contributed by atoms with Gasteiger partial charge < -0.3 is 4.74 Å². The molecule has 0 saturated heterocycles. The van der Waals surface area contributed by atoms with Crippen molar-refractivity contribution in [3.05, 3.63) is 24.3 Å². The Kier molecular flexibility index (Phi) is 19.0. The van der Waals surface area contributed by atoms with Gasteiger partial charge in [0.15, 0.2) is 0 Å². The smallest absolute Gasteiger partial charge is 0.0651 e. The molecular weight excluding hydrogens is 544 g/mol. The zero-order chi connectivity index (χ0) is 31.4. The third kappa shape index (κ3) is 14.6. The van der Waals surface area contributed by atoms with Crippen LogP contribution in [0, 0.1) is 47.3 Å². The summed E-state index contributed by atoms with van der Waals surface area (Å²) in [6.07, 6.45) is 51.1. The van der Waals surface area contributed by atoms with E-state index in [1.165, 1.54) is 180 Å². The van der Waals surface area contributed by atoms with Crippen molar-refractivity contribution in [2.75, 3.05) is 13.2 Å². The van der Waals surface area contributed by atoms with Crippen LogP contribution in [0.3, 0.4) is 0 Å². The summed E-state index contributed by atoms with van der Waals surface area (Å²) in [6.45, 7) is 6.23. The zero-order valence-electron chi connectivity index (χ0n) is 30.5. The van der Waals surface area contributed by atoms with Gasteiger partial charge in [0.25, 0.3) is 0 Å². The Labute approximate surface area is 282 Å². The van der Waals surface area contributed by atoms with Gasteiger partial charge in [-0.3, -0.25) is 0 Å². The molecule has 0 aliphatic heterocycles. The van der Waals surface area contributed by atoms with Crippen LogP contribution in [0.1, 0.15) is 194 Å². The predicted octanol–water partition coefficient (Wildman–Crippen LogP) is 14.1. The summed E-state index contributed by atoms with van der Waals surface area (Å²) >= 11 is 0. The molecule has 0 aromatic rings. The monoisotopic (exact) mass is 623 g/mol. The van der Waals surface area contributed by atoms with E-state index in [0.29, 0.717) is 0 Å². The van der Waals surface area contributed by atoms with Gasteiger partial charge in [-0.15, -0.1) is 0 Å². The Hall–Kier alpha value is -0.560. The molecule has 0 N–H and O–H groups in total. The van der Waals surface area contributed by atoms with E-state index in [-0.39, 0.29) is 0 Å². The maximum Gasteiger partial charge on any atom is 0.0651 e. The molecular formula is C44H78O. The van der Waals surface area contributed by atoms with E-state index in [1.807, 2.05) is 0 Å². The van der Waals surface area contributed by atoms with Crippen LogP contribution in [-0.4, -0.2) is 13.2 Å². The van der Waals surface area contributed by atoms with Gasteiger partial charge in [-0.25, -0.2) is 0 Å². The molecule has 0 atom stereocenters. The Morgan fingerprint density at radius 2 is 0.733 bits per heavy atom. The van der Waals surface area contributed by atoms with Crippen molar-refractivity contribution in [3.8, 4) is 0 Å². The zero-order valence-corrected chi connectivity index (χ0v) is 30.5. The van der Waals surface area contributed by atoms with Gasteiger partial charge in [0, 0.05) is 0 Å². The molecule has 0 radical (unpaired) electrons. The molecule has 0 unspecified atom stereocenters. The summed E-state index contributed by atoms with van der Waals surface area (Å²) in [6, 6.07) is 0. The molecule has 1 heteroatoms. The van der Waals surface area contributed by atoms with E-state index in [2.05, 4.69) is 38.2 Å². The molecule has 4 aliphatic carbocycles. The minimum absolute atomic E-state index is 0.793. The van der Waals surface area contributed by atoms with Gasteiger partial charge in [0.1, 0.15) is 0 Å². The lowest BCUT2D eigenvalue weighted by molar-refractivity contribution is 0.150. The molecule has 0 heterocycles. The Balaban J connectivity index is 0.964. The highest BCUT2D eigenvalue weighted by Crippen LogP contribution is 2.44. The number of unbranched alkanes of at least 4 members (excludes halogenated alkanes) is 8. The second-order valence-corrected chi connectivity index (χ2v) is 16.7. The molecule has 260 valence electrons. The minimum atomic E-state index is 0.793. The first-order chi connectivity index (χ1) is 22.2. The molecule has 4 rings (SSSR count). The van der Waals surface area contributed by atoms with Gasteiger partial charge in [-0.1, -0.05) is 141 Å². The first kappa shape index (κ1) is 37.3. The van der Waals surface area contributed by atoms with Gasteiger partial charge in [-0.2, -0.15) is 0 Å². The van der Waals surface area contributed by atoms with E-state index in [0.717, 1.165) is 60.6 Å². The van der Waals surface area contributed by atoms with E-state index in [1.54, 1.807) is 0 Å². The van der Waals surface area contributed by atoms with Crippen LogP contribution < -0.4 is 0 Å².